The number of hydrogen-bond donors (Lipinski definition) is 2. The number of aliphatic hydroxyl groups excluding tert-OH is 1. The van der Waals surface area contributed by atoms with Gasteiger partial charge in [-0.3, -0.25) is 10.1 Å². The lowest BCUT2D eigenvalue weighted by Gasteiger charge is -2.33. The zero-order valence-corrected chi connectivity index (χ0v) is 12.8. The van der Waals surface area contributed by atoms with Crippen molar-refractivity contribution in [3.05, 3.63) is 33.9 Å². The third-order valence-corrected chi connectivity index (χ3v) is 4.25. The fourth-order valence-electron chi connectivity index (χ4n) is 2.74. The highest BCUT2D eigenvalue weighted by molar-refractivity contribution is 5.90. The lowest BCUT2D eigenvalue weighted by Crippen LogP contribution is -2.42. The Morgan fingerprint density at radius 2 is 2.09 bits per heavy atom. The summed E-state index contributed by atoms with van der Waals surface area (Å²) in [6.07, 6.45) is 1.17. The van der Waals surface area contributed by atoms with Crippen LogP contribution in [0.15, 0.2) is 18.2 Å². The fraction of sp³-hybridized carbons (Fsp3) is 0.533. The molecular formula is C15H21N3O4. The van der Waals surface area contributed by atoms with Crippen LogP contribution in [0.1, 0.15) is 25.3 Å². The van der Waals surface area contributed by atoms with Crippen molar-refractivity contribution in [3.63, 3.8) is 0 Å². The number of anilines is 1. The molecule has 2 N–H and O–H groups in total. The van der Waals surface area contributed by atoms with E-state index in [1.54, 1.807) is 30.9 Å². The van der Waals surface area contributed by atoms with Crippen LogP contribution in [-0.4, -0.2) is 40.2 Å². The van der Waals surface area contributed by atoms with Gasteiger partial charge in [0.25, 0.3) is 5.69 Å². The number of nitro benzene ring substituents is 1. The zero-order chi connectivity index (χ0) is 16.3. The summed E-state index contributed by atoms with van der Waals surface area (Å²) in [7, 11) is 0. The Bertz CT molecular complexity index is 566. The third kappa shape index (κ3) is 3.54. The van der Waals surface area contributed by atoms with Crippen LogP contribution in [0.2, 0.25) is 0 Å². The number of carbonyl (C=O) groups excluding carboxylic acids is 1. The number of nitrogens with one attached hydrogen (secondary N) is 1. The number of piperidine rings is 1. The minimum atomic E-state index is -0.459. The Morgan fingerprint density at radius 3 is 2.64 bits per heavy atom. The Balaban J connectivity index is 2.01. The molecule has 1 aliphatic rings. The molecule has 2 rings (SSSR count). The molecule has 0 bridgehead atoms. The first-order chi connectivity index (χ1) is 10.4. The number of carbonyl (C=O) groups is 1. The smallest absolute Gasteiger partial charge is 0.321 e. The normalized spacial score (nSPS) is 17.1. The Hall–Kier alpha value is -2.15. The molecule has 0 saturated carbocycles. The van der Waals surface area contributed by atoms with Crippen LogP contribution in [0, 0.1) is 23.0 Å². The van der Waals surface area contributed by atoms with Crippen LogP contribution in [0.4, 0.5) is 16.2 Å². The molecule has 1 atom stereocenters. The number of aliphatic hydroxyl groups is 1. The SMILES string of the molecule is Cc1c(NC(=O)N2CCC(C(C)O)CC2)cccc1[N+](=O)[O-]. The maximum Gasteiger partial charge on any atom is 0.321 e. The lowest BCUT2D eigenvalue weighted by molar-refractivity contribution is -0.385. The number of urea groups is 1. The maximum absolute atomic E-state index is 12.3. The largest absolute Gasteiger partial charge is 0.393 e. The Labute approximate surface area is 129 Å². The molecule has 1 fully saturated rings. The average molecular weight is 307 g/mol. The van der Waals surface area contributed by atoms with Crippen molar-refractivity contribution in [2.45, 2.75) is 32.8 Å². The maximum atomic E-state index is 12.3. The average Bonchev–Trinajstić information content (AvgIpc) is 2.49. The molecule has 120 valence electrons. The third-order valence-electron chi connectivity index (χ3n) is 4.25. The Morgan fingerprint density at radius 1 is 1.45 bits per heavy atom. The summed E-state index contributed by atoms with van der Waals surface area (Å²) in [6, 6.07) is 4.37. The minimum Gasteiger partial charge on any atom is -0.393 e. The van der Waals surface area contributed by atoms with Crippen molar-refractivity contribution in [1.29, 1.82) is 0 Å². The molecule has 7 nitrogen and oxygen atoms in total. The molecule has 1 aromatic carbocycles. The highest BCUT2D eigenvalue weighted by Crippen LogP contribution is 2.26. The lowest BCUT2D eigenvalue weighted by atomic mass is 9.92. The molecule has 22 heavy (non-hydrogen) atoms. The molecular weight excluding hydrogens is 286 g/mol. The predicted octanol–water partition coefficient (Wildman–Crippen LogP) is 2.53. The molecule has 1 aromatic rings. The predicted molar refractivity (Wildman–Crippen MR) is 82.8 cm³/mol. The molecule has 0 aromatic heterocycles. The van der Waals surface area contributed by atoms with Crippen molar-refractivity contribution in [1.82, 2.24) is 4.90 Å². The number of likely N-dealkylation sites (tertiary alicyclic amines) is 1. The van der Waals surface area contributed by atoms with E-state index in [9.17, 15) is 20.0 Å². The molecule has 0 aliphatic carbocycles. The number of hydrogen-bond acceptors (Lipinski definition) is 4. The number of amides is 2. The van der Waals surface area contributed by atoms with Crippen LogP contribution >= 0.6 is 0 Å². The fourth-order valence-corrected chi connectivity index (χ4v) is 2.74. The van der Waals surface area contributed by atoms with E-state index >= 15 is 0 Å². The van der Waals surface area contributed by atoms with Crippen LogP contribution in [0.3, 0.4) is 0 Å². The number of benzene rings is 1. The van der Waals surface area contributed by atoms with Gasteiger partial charge in [0.15, 0.2) is 0 Å². The van der Waals surface area contributed by atoms with Crippen LogP contribution in [0.25, 0.3) is 0 Å². The van der Waals surface area contributed by atoms with E-state index in [2.05, 4.69) is 5.32 Å². The van der Waals surface area contributed by atoms with Gasteiger partial charge in [-0.25, -0.2) is 4.79 Å². The quantitative estimate of drug-likeness (QED) is 0.662. The first-order valence-corrected chi connectivity index (χ1v) is 7.38. The summed E-state index contributed by atoms with van der Waals surface area (Å²) in [5.41, 5.74) is 0.891. The highest BCUT2D eigenvalue weighted by atomic mass is 16.6. The van der Waals surface area contributed by atoms with Crippen molar-refractivity contribution in [3.8, 4) is 0 Å². The van der Waals surface area contributed by atoms with Gasteiger partial charge in [-0.15, -0.1) is 0 Å². The Kier molecular flexibility index (Phi) is 4.97. The van der Waals surface area contributed by atoms with Gasteiger partial charge in [-0.05, 0) is 38.7 Å². The van der Waals surface area contributed by atoms with Crippen molar-refractivity contribution in [2.24, 2.45) is 5.92 Å². The highest BCUT2D eigenvalue weighted by Gasteiger charge is 2.26. The minimum absolute atomic E-state index is 0.00869. The van der Waals surface area contributed by atoms with E-state index in [4.69, 9.17) is 0 Å². The molecule has 1 saturated heterocycles. The van der Waals surface area contributed by atoms with Crippen LogP contribution in [0.5, 0.6) is 0 Å². The molecule has 0 radical (unpaired) electrons. The van der Waals surface area contributed by atoms with E-state index in [0.717, 1.165) is 12.8 Å². The zero-order valence-electron chi connectivity index (χ0n) is 12.8. The van der Waals surface area contributed by atoms with Gasteiger partial charge < -0.3 is 15.3 Å². The second-order valence-corrected chi connectivity index (χ2v) is 5.70. The number of nitrogens with zero attached hydrogens (tertiary/aromatic N) is 2. The molecule has 2 amide bonds. The molecule has 7 heteroatoms. The summed E-state index contributed by atoms with van der Waals surface area (Å²) in [4.78, 5) is 24.4. The van der Waals surface area contributed by atoms with Crippen molar-refractivity contribution < 1.29 is 14.8 Å². The topological polar surface area (TPSA) is 95.7 Å². The van der Waals surface area contributed by atoms with E-state index in [0.29, 0.717) is 24.3 Å². The first kappa shape index (κ1) is 16.2. The molecule has 1 heterocycles. The first-order valence-electron chi connectivity index (χ1n) is 7.38. The second-order valence-electron chi connectivity index (χ2n) is 5.70. The van der Waals surface area contributed by atoms with Crippen molar-refractivity contribution in [2.75, 3.05) is 18.4 Å². The van der Waals surface area contributed by atoms with Gasteiger partial charge in [-0.2, -0.15) is 0 Å². The number of rotatable bonds is 3. The van der Waals surface area contributed by atoms with Crippen LogP contribution < -0.4 is 5.32 Å². The van der Waals surface area contributed by atoms with E-state index in [1.165, 1.54) is 6.07 Å². The van der Waals surface area contributed by atoms with Gasteiger partial charge in [0.05, 0.1) is 22.3 Å². The number of nitro groups is 1. The summed E-state index contributed by atoms with van der Waals surface area (Å²) in [5.74, 6) is 0.226. The monoisotopic (exact) mass is 307 g/mol. The van der Waals surface area contributed by atoms with E-state index in [1.807, 2.05) is 0 Å². The summed E-state index contributed by atoms with van der Waals surface area (Å²) >= 11 is 0. The van der Waals surface area contributed by atoms with Gasteiger partial charge in [0, 0.05) is 19.2 Å². The van der Waals surface area contributed by atoms with Gasteiger partial charge in [0.1, 0.15) is 0 Å². The van der Waals surface area contributed by atoms with Gasteiger partial charge >= 0.3 is 6.03 Å². The summed E-state index contributed by atoms with van der Waals surface area (Å²) < 4.78 is 0. The summed E-state index contributed by atoms with van der Waals surface area (Å²) in [6.45, 7) is 4.55. The summed E-state index contributed by atoms with van der Waals surface area (Å²) in [5, 5.41) is 23.2. The molecule has 1 aliphatic heterocycles. The van der Waals surface area contributed by atoms with Crippen molar-refractivity contribution >= 4 is 17.4 Å². The van der Waals surface area contributed by atoms with Gasteiger partial charge in [0.2, 0.25) is 0 Å². The standard InChI is InChI=1S/C15H21N3O4/c1-10-13(4-3-5-14(10)18(21)22)16-15(20)17-8-6-12(7-9-17)11(2)19/h3-5,11-12,19H,6-9H2,1-2H3,(H,16,20). The molecule has 0 spiro atoms. The van der Waals surface area contributed by atoms with E-state index in [-0.39, 0.29) is 23.7 Å². The second kappa shape index (κ2) is 6.74. The molecule has 1 unspecified atom stereocenters. The van der Waals surface area contributed by atoms with Gasteiger partial charge in [-0.1, -0.05) is 6.07 Å². The van der Waals surface area contributed by atoms with Crippen LogP contribution in [-0.2, 0) is 0 Å². The van der Waals surface area contributed by atoms with E-state index < -0.39 is 4.92 Å².